The lowest BCUT2D eigenvalue weighted by molar-refractivity contribution is 0.0952. The Bertz CT molecular complexity index is 1100. The van der Waals surface area contributed by atoms with Crippen LogP contribution in [0.4, 0.5) is 0 Å². The maximum absolute atomic E-state index is 12.7. The van der Waals surface area contributed by atoms with E-state index in [9.17, 15) is 18.0 Å². The molecule has 0 radical (unpaired) electrons. The molecule has 1 N–H and O–H groups in total. The van der Waals surface area contributed by atoms with Crippen LogP contribution in [0, 0.1) is 0 Å². The summed E-state index contributed by atoms with van der Waals surface area (Å²) >= 11 is 0. The minimum absolute atomic E-state index is 0.108. The second-order valence-electron chi connectivity index (χ2n) is 8.57. The summed E-state index contributed by atoms with van der Waals surface area (Å²) in [5.41, 5.74) is 1.14. The number of aromatic nitrogens is 2. The lowest BCUT2D eigenvalue weighted by atomic mass is 10.0. The topological polar surface area (TPSA) is 101 Å². The molecule has 0 spiro atoms. The summed E-state index contributed by atoms with van der Waals surface area (Å²) in [7, 11) is -3.52. The van der Waals surface area contributed by atoms with Gasteiger partial charge in [-0.05, 0) is 49.9 Å². The molecule has 1 saturated carbocycles. The van der Waals surface area contributed by atoms with Gasteiger partial charge in [0.15, 0.2) is 0 Å². The third-order valence-corrected chi connectivity index (χ3v) is 8.29. The first kappa shape index (κ1) is 22.7. The highest BCUT2D eigenvalue weighted by atomic mass is 32.2. The minimum atomic E-state index is -3.52. The Morgan fingerprint density at radius 1 is 1.03 bits per heavy atom. The Labute approximate surface area is 188 Å². The van der Waals surface area contributed by atoms with Gasteiger partial charge in [-0.2, -0.15) is 4.31 Å². The molecule has 172 valence electrons. The van der Waals surface area contributed by atoms with Gasteiger partial charge in [-0.25, -0.2) is 13.4 Å². The van der Waals surface area contributed by atoms with Crippen LogP contribution in [-0.4, -0.2) is 47.8 Å². The smallest absolute Gasteiger partial charge is 0.253 e. The highest BCUT2D eigenvalue weighted by Crippen LogP contribution is 2.32. The van der Waals surface area contributed by atoms with Crippen molar-refractivity contribution < 1.29 is 13.2 Å². The Morgan fingerprint density at radius 3 is 2.38 bits per heavy atom. The molecule has 4 rings (SSSR count). The zero-order valence-corrected chi connectivity index (χ0v) is 19.0. The molecule has 1 aliphatic carbocycles. The zero-order chi connectivity index (χ0) is 22.6. The molecule has 2 heterocycles. The number of nitrogens with one attached hydrogen (secondary N) is 1. The highest BCUT2D eigenvalue weighted by Gasteiger charge is 2.26. The predicted molar refractivity (Wildman–Crippen MR) is 121 cm³/mol. The normalized spacial score (nSPS) is 18.0. The summed E-state index contributed by atoms with van der Waals surface area (Å²) in [5, 5.41) is 2.78. The van der Waals surface area contributed by atoms with Crippen molar-refractivity contribution in [1.82, 2.24) is 19.2 Å². The van der Waals surface area contributed by atoms with E-state index in [2.05, 4.69) is 10.3 Å². The number of carbonyl (C=O) groups is 1. The number of sulfonamides is 1. The van der Waals surface area contributed by atoms with Crippen LogP contribution in [0.5, 0.6) is 0 Å². The number of rotatable bonds is 7. The largest absolute Gasteiger partial charge is 0.350 e. The number of piperidine rings is 1. The molecule has 0 bridgehead atoms. The van der Waals surface area contributed by atoms with Crippen LogP contribution < -0.4 is 10.9 Å². The Balaban J connectivity index is 1.32. The highest BCUT2D eigenvalue weighted by molar-refractivity contribution is 7.89. The van der Waals surface area contributed by atoms with Crippen molar-refractivity contribution in [2.24, 2.45) is 0 Å². The molecule has 0 atom stereocenters. The van der Waals surface area contributed by atoms with E-state index in [1.54, 1.807) is 12.4 Å². The first-order valence-corrected chi connectivity index (χ1v) is 12.8. The lowest BCUT2D eigenvalue weighted by Crippen LogP contribution is -2.35. The molecular formula is C23H30N4O4S. The number of hydrogen-bond acceptors (Lipinski definition) is 5. The van der Waals surface area contributed by atoms with E-state index in [0.717, 1.165) is 37.8 Å². The second kappa shape index (κ2) is 9.95. The van der Waals surface area contributed by atoms with Crippen LogP contribution in [-0.2, 0) is 16.6 Å². The van der Waals surface area contributed by atoms with E-state index in [-0.39, 0.29) is 22.9 Å². The average molecular weight is 459 g/mol. The summed E-state index contributed by atoms with van der Waals surface area (Å²) < 4.78 is 28.5. The summed E-state index contributed by atoms with van der Waals surface area (Å²) in [6.07, 6.45) is 8.91. The van der Waals surface area contributed by atoms with Crippen molar-refractivity contribution in [3.8, 4) is 0 Å². The lowest BCUT2D eigenvalue weighted by Gasteiger charge is -2.25. The monoisotopic (exact) mass is 458 g/mol. The number of hydrogen-bond donors (Lipinski definition) is 1. The first-order chi connectivity index (χ1) is 15.4. The number of amides is 1. The fraction of sp³-hybridized carbons (Fsp3) is 0.522. The zero-order valence-electron chi connectivity index (χ0n) is 18.2. The van der Waals surface area contributed by atoms with Gasteiger partial charge in [-0.1, -0.05) is 19.3 Å². The van der Waals surface area contributed by atoms with E-state index < -0.39 is 10.0 Å². The molecule has 2 aliphatic rings. The van der Waals surface area contributed by atoms with Crippen molar-refractivity contribution in [2.45, 2.75) is 62.3 Å². The molecule has 8 nitrogen and oxygen atoms in total. The van der Waals surface area contributed by atoms with E-state index >= 15 is 0 Å². The fourth-order valence-electron chi connectivity index (χ4n) is 4.48. The van der Waals surface area contributed by atoms with Gasteiger partial charge in [0.1, 0.15) is 0 Å². The number of nitrogens with zero attached hydrogens (tertiary/aromatic N) is 3. The molecule has 32 heavy (non-hydrogen) atoms. The molecule has 1 amide bonds. The third-order valence-electron chi connectivity index (χ3n) is 6.38. The van der Waals surface area contributed by atoms with E-state index in [4.69, 9.17) is 0 Å². The molecule has 9 heteroatoms. The summed E-state index contributed by atoms with van der Waals surface area (Å²) in [6, 6.07) is 7.62. The van der Waals surface area contributed by atoms with Gasteiger partial charge in [-0.15, -0.1) is 0 Å². The van der Waals surface area contributed by atoms with Crippen molar-refractivity contribution in [3.05, 3.63) is 58.3 Å². The maximum Gasteiger partial charge on any atom is 0.253 e. The molecule has 1 aliphatic heterocycles. The molecule has 2 aromatic rings. The van der Waals surface area contributed by atoms with Crippen molar-refractivity contribution in [2.75, 3.05) is 19.6 Å². The van der Waals surface area contributed by atoms with Gasteiger partial charge in [-0.3, -0.25) is 14.2 Å². The molecule has 1 aromatic carbocycles. The standard InChI is InChI=1S/C23H30N4O4S/c28-22-16-21(18-6-2-3-7-18)25-17-26(22)15-12-24-23(29)19-8-10-20(11-9-19)32(30,31)27-13-4-1-5-14-27/h8-11,16-18H,1-7,12-15H2,(H,24,29). The molecular weight excluding hydrogens is 428 g/mol. The maximum atomic E-state index is 12.7. The van der Waals surface area contributed by atoms with Crippen molar-refractivity contribution in [1.29, 1.82) is 0 Å². The van der Waals surface area contributed by atoms with E-state index in [1.165, 1.54) is 46.0 Å². The van der Waals surface area contributed by atoms with Gasteiger partial charge in [0, 0.05) is 43.7 Å². The molecule has 1 aromatic heterocycles. The van der Waals surface area contributed by atoms with Crippen LogP contribution in [0.2, 0.25) is 0 Å². The molecule has 2 fully saturated rings. The van der Waals surface area contributed by atoms with E-state index in [1.807, 2.05) is 0 Å². The van der Waals surface area contributed by atoms with Crippen molar-refractivity contribution in [3.63, 3.8) is 0 Å². The predicted octanol–water partition coefficient (Wildman–Crippen LogP) is 2.51. The van der Waals surface area contributed by atoms with Gasteiger partial charge in [0.25, 0.3) is 11.5 Å². The number of carbonyl (C=O) groups excluding carboxylic acids is 1. The van der Waals surface area contributed by atoms with Crippen LogP contribution in [0.25, 0.3) is 0 Å². The van der Waals surface area contributed by atoms with Crippen LogP contribution >= 0.6 is 0 Å². The van der Waals surface area contributed by atoms with Crippen LogP contribution in [0.1, 0.15) is 66.9 Å². The summed E-state index contributed by atoms with van der Waals surface area (Å²) in [6.45, 7) is 1.68. The second-order valence-corrected chi connectivity index (χ2v) is 10.5. The SMILES string of the molecule is O=C(NCCn1cnc(C2CCCC2)cc1=O)c1ccc(S(=O)(=O)N2CCCCC2)cc1. The van der Waals surface area contributed by atoms with Crippen LogP contribution in [0.3, 0.4) is 0 Å². The summed E-state index contributed by atoms with van der Waals surface area (Å²) in [5.74, 6) is 0.0780. The Kier molecular flexibility index (Phi) is 7.05. The average Bonchev–Trinajstić information content (AvgIpc) is 3.36. The van der Waals surface area contributed by atoms with Crippen LogP contribution in [0.15, 0.2) is 46.3 Å². The minimum Gasteiger partial charge on any atom is -0.350 e. The third kappa shape index (κ3) is 5.10. The van der Waals surface area contributed by atoms with Gasteiger partial charge >= 0.3 is 0 Å². The molecule has 0 unspecified atom stereocenters. The Morgan fingerprint density at radius 2 is 1.72 bits per heavy atom. The molecule has 1 saturated heterocycles. The van der Waals surface area contributed by atoms with Gasteiger partial charge in [0.2, 0.25) is 10.0 Å². The fourth-order valence-corrected chi connectivity index (χ4v) is 5.99. The Hall–Kier alpha value is -2.52. The van der Waals surface area contributed by atoms with E-state index in [0.29, 0.717) is 31.1 Å². The van der Waals surface area contributed by atoms with Crippen molar-refractivity contribution >= 4 is 15.9 Å². The first-order valence-electron chi connectivity index (χ1n) is 11.4. The summed E-state index contributed by atoms with van der Waals surface area (Å²) in [4.78, 5) is 29.4. The quantitative estimate of drug-likeness (QED) is 0.687. The van der Waals surface area contributed by atoms with Gasteiger partial charge < -0.3 is 5.32 Å². The number of benzene rings is 1. The van der Waals surface area contributed by atoms with Gasteiger partial charge in [0.05, 0.1) is 16.9 Å².